The van der Waals surface area contributed by atoms with Crippen LogP contribution in [-0.4, -0.2) is 19.7 Å². The lowest BCUT2D eigenvalue weighted by Crippen LogP contribution is -2.28. The van der Waals surface area contributed by atoms with Crippen molar-refractivity contribution in [2.75, 3.05) is 0 Å². The molecule has 0 saturated heterocycles. The van der Waals surface area contributed by atoms with E-state index in [2.05, 4.69) is 4.18 Å². The van der Waals surface area contributed by atoms with Gasteiger partial charge in [0.1, 0.15) is 5.75 Å². The first-order chi connectivity index (χ1) is 11.0. The largest absolute Gasteiger partial charge is 0.534 e. The molecule has 0 aromatic heterocycles. The fraction of sp³-hybridized carbons (Fsp3) is 0.0714. The summed E-state index contributed by atoms with van der Waals surface area (Å²) in [5.41, 5.74) is -5.48. The SMILES string of the molecule is O=C(c1ccc(OS(=O)(=O)C(F)(F)F)cc1)c1c(Cl)cccc1Cl. The van der Waals surface area contributed by atoms with E-state index in [9.17, 15) is 26.4 Å². The third-order valence-electron chi connectivity index (χ3n) is 2.80. The summed E-state index contributed by atoms with van der Waals surface area (Å²) >= 11 is 11.8. The van der Waals surface area contributed by atoms with E-state index in [4.69, 9.17) is 23.2 Å². The average molecular weight is 399 g/mol. The Bertz CT molecular complexity index is 858. The molecule has 0 spiro atoms. The normalized spacial score (nSPS) is 12.0. The number of carbonyl (C=O) groups is 1. The predicted molar refractivity (Wildman–Crippen MR) is 81.9 cm³/mol. The smallest absolute Gasteiger partial charge is 0.376 e. The molecule has 0 N–H and O–H groups in total. The highest BCUT2D eigenvalue weighted by Gasteiger charge is 2.48. The molecule has 2 aromatic rings. The van der Waals surface area contributed by atoms with Gasteiger partial charge in [0.05, 0.1) is 15.6 Å². The quantitative estimate of drug-likeness (QED) is 0.433. The van der Waals surface area contributed by atoms with Crippen LogP contribution in [0.15, 0.2) is 42.5 Å². The standard InChI is InChI=1S/C14H7Cl2F3O4S/c15-10-2-1-3-11(16)12(10)13(20)8-4-6-9(7-5-8)23-24(21,22)14(17,18)19/h1-7H. The van der Waals surface area contributed by atoms with Crippen LogP contribution in [0.3, 0.4) is 0 Å². The van der Waals surface area contributed by atoms with Crippen LogP contribution in [0.2, 0.25) is 10.0 Å². The van der Waals surface area contributed by atoms with Gasteiger partial charge in [-0.2, -0.15) is 21.6 Å². The molecule has 0 saturated carbocycles. The molecule has 0 unspecified atom stereocenters. The molecule has 0 radical (unpaired) electrons. The number of benzene rings is 2. The van der Waals surface area contributed by atoms with Crippen molar-refractivity contribution in [2.24, 2.45) is 0 Å². The topological polar surface area (TPSA) is 60.4 Å². The highest BCUT2D eigenvalue weighted by atomic mass is 35.5. The molecule has 0 bridgehead atoms. The van der Waals surface area contributed by atoms with E-state index < -0.39 is 27.2 Å². The van der Waals surface area contributed by atoms with Gasteiger partial charge < -0.3 is 4.18 Å². The maximum Gasteiger partial charge on any atom is 0.534 e. The first-order valence-electron chi connectivity index (χ1n) is 6.12. The van der Waals surface area contributed by atoms with E-state index in [1.165, 1.54) is 12.1 Å². The summed E-state index contributed by atoms with van der Waals surface area (Å²) in [5, 5.41) is 0.208. The Labute approximate surface area is 144 Å². The van der Waals surface area contributed by atoms with E-state index in [0.717, 1.165) is 24.3 Å². The third-order valence-corrected chi connectivity index (χ3v) is 4.40. The maximum absolute atomic E-state index is 12.3. The summed E-state index contributed by atoms with van der Waals surface area (Å²) in [6.07, 6.45) is 0. The van der Waals surface area contributed by atoms with Crippen LogP contribution in [-0.2, 0) is 10.1 Å². The second kappa shape index (κ2) is 6.62. The molecule has 0 aliphatic carbocycles. The minimum absolute atomic E-state index is 0.0254. The Morgan fingerprint density at radius 3 is 1.92 bits per heavy atom. The molecule has 24 heavy (non-hydrogen) atoms. The second-order valence-corrected chi connectivity index (χ2v) is 6.79. The van der Waals surface area contributed by atoms with E-state index in [-0.39, 0.29) is 21.2 Å². The minimum Gasteiger partial charge on any atom is -0.376 e. The molecule has 128 valence electrons. The number of alkyl halides is 3. The summed E-state index contributed by atoms with van der Waals surface area (Å²) in [6.45, 7) is 0. The highest BCUT2D eigenvalue weighted by Crippen LogP contribution is 2.29. The Hall–Kier alpha value is -1.77. The van der Waals surface area contributed by atoms with Crippen LogP contribution in [0, 0.1) is 0 Å². The first kappa shape index (κ1) is 18.6. The molecular formula is C14H7Cl2F3O4S. The Balaban J connectivity index is 2.29. The molecule has 2 rings (SSSR count). The Morgan fingerprint density at radius 2 is 1.46 bits per heavy atom. The van der Waals surface area contributed by atoms with Crippen LogP contribution >= 0.6 is 23.2 Å². The number of rotatable bonds is 4. The molecular weight excluding hydrogens is 392 g/mol. The van der Waals surface area contributed by atoms with Crippen LogP contribution < -0.4 is 4.18 Å². The first-order valence-corrected chi connectivity index (χ1v) is 8.29. The van der Waals surface area contributed by atoms with E-state index >= 15 is 0 Å². The summed E-state index contributed by atoms with van der Waals surface area (Å²) in [4.78, 5) is 12.3. The fourth-order valence-electron chi connectivity index (χ4n) is 1.69. The number of carbonyl (C=O) groups excluding carboxylic acids is 1. The van der Waals surface area contributed by atoms with Crippen molar-refractivity contribution >= 4 is 39.1 Å². The van der Waals surface area contributed by atoms with Crippen molar-refractivity contribution in [3.63, 3.8) is 0 Å². The zero-order valence-electron chi connectivity index (χ0n) is 11.5. The molecule has 0 amide bonds. The van der Waals surface area contributed by atoms with E-state index in [0.29, 0.717) is 0 Å². The molecule has 0 aliphatic rings. The molecule has 4 nitrogen and oxygen atoms in total. The Kier molecular flexibility index (Phi) is 5.12. The van der Waals surface area contributed by atoms with Crippen LogP contribution in [0.1, 0.15) is 15.9 Å². The van der Waals surface area contributed by atoms with Crippen molar-refractivity contribution in [2.45, 2.75) is 5.51 Å². The lowest BCUT2D eigenvalue weighted by atomic mass is 10.0. The molecule has 10 heteroatoms. The predicted octanol–water partition coefficient (Wildman–Crippen LogP) is 4.45. The fourth-order valence-corrected chi connectivity index (χ4v) is 2.72. The van der Waals surface area contributed by atoms with Gasteiger partial charge in [-0.1, -0.05) is 29.3 Å². The van der Waals surface area contributed by atoms with E-state index in [1.807, 2.05) is 0 Å². The summed E-state index contributed by atoms with van der Waals surface area (Å²) in [7, 11) is -5.78. The number of hydrogen-bond donors (Lipinski definition) is 0. The minimum atomic E-state index is -5.78. The van der Waals surface area contributed by atoms with Gasteiger partial charge in [0.25, 0.3) is 0 Å². The summed E-state index contributed by atoms with van der Waals surface area (Å²) in [5.74, 6) is -1.16. The van der Waals surface area contributed by atoms with Gasteiger partial charge in [0.2, 0.25) is 0 Å². The zero-order valence-corrected chi connectivity index (χ0v) is 13.8. The van der Waals surface area contributed by atoms with Gasteiger partial charge in [0, 0.05) is 5.56 Å². The van der Waals surface area contributed by atoms with E-state index in [1.54, 1.807) is 6.07 Å². The second-order valence-electron chi connectivity index (χ2n) is 4.43. The van der Waals surface area contributed by atoms with Crippen molar-refractivity contribution in [1.82, 2.24) is 0 Å². The third kappa shape index (κ3) is 3.82. The van der Waals surface area contributed by atoms with Crippen LogP contribution in [0.5, 0.6) is 5.75 Å². The molecule has 0 heterocycles. The van der Waals surface area contributed by atoms with Crippen molar-refractivity contribution in [1.29, 1.82) is 0 Å². The lowest BCUT2D eigenvalue weighted by molar-refractivity contribution is -0.0500. The van der Waals surface area contributed by atoms with Gasteiger partial charge >= 0.3 is 15.6 Å². The van der Waals surface area contributed by atoms with Crippen LogP contribution in [0.25, 0.3) is 0 Å². The summed E-state index contributed by atoms with van der Waals surface area (Å²) < 4.78 is 62.5. The molecule has 2 aromatic carbocycles. The van der Waals surface area contributed by atoms with Gasteiger partial charge in [-0.25, -0.2) is 0 Å². The number of hydrogen-bond acceptors (Lipinski definition) is 4. The van der Waals surface area contributed by atoms with Gasteiger partial charge in [-0.05, 0) is 36.4 Å². The molecule has 0 atom stereocenters. The zero-order chi connectivity index (χ0) is 18.1. The van der Waals surface area contributed by atoms with Crippen molar-refractivity contribution in [3.05, 3.63) is 63.6 Å². The molecule has 0 fully saturated rings. The van der Waals surface area contributed by atoms with Gasteiger partial charge in [-0.15, -0.1) is 0 Å². The average Bonchev–Trinajstić information content (AvgIpc) is 2.46. The number of ketones is 1. The highest BCUT2D eigenvalue weighted by molar-refractivity contribution is 7.88. The van der Waals surface area contributed by atoms with Gasteiger partial charge in [0.15, 0.2) is 5.78 Å². The summed E-state index contributed by atoms with van der Waals surface area (Å²) in [6, 6.07) is 8.48. The Morgan fingerprint density at radius 1 is 0.958 bits per heavy atom. The van der Waals surface area contributed by atoms with Crippen molar-refractivity contribution < 1.29 is 30.6 Å². The van der Waals surface area contributed by atoms with Crippen LogP contribution in [0.4, 0.5) is 13.2 Å². The lowest BCUT2D eigenvalue weighted by Gasteiger charge is -2.10. The maximum atomic E-state index is 12.3. The van der Waals surface area contributed by atoms with Gasteiger partial charge in [-0.3, -0.25) is 4.79 Å². The van der Waals surface area contributed by atoms with Crippen molar-refractivity contribution in [3.8, 4) is 5.75 Å². The number of halogens is 5. The molecule has 0 aliphatic heterocycles. The monoisotopic (exact) mass is 398 g/mol.